The standard InChI is InChI=1S/C25H27Cl2N5O3S/c1-30(36(34,35)23-4-2-3-22(26)25(23)27)14-11-24(33)29-19-5-7-20(8-6-19)31-15-17-32(18-16-31)21-9-12-28-13-10-21/h2-10,12-13H,11,14-18H2,1H3,(H,29,33). The van der Waals surface area contributed by atoms with Gasteiger partial charge in [-0.25, -0.2) is 12.7 Å². The first-order valence-electron chi connectivity index (χ1n) is 11.5. The van der Waals surface area contributed by atoms with E-state index in [1.807, 2.05) is 36.4 Å². The third kappa shape index (κ3) is 6.10. The van der Waals surface area contributed by atoms with Crippen LogP contribution in [0.2, 0.25) is 10.0 Å². The number of benzene rings is 2. The number of halogens is 2. The largest absolute Gasteiger partial charge is 0.368 e. The van der Waals surface area contributed by atoms with Crippen molar-refractivity contribution < 1.29 is 13.2 Å². The molecule has 2 aromatic carbocycles. The molecule has 1 N–H and O–H groups in total. The van der Waals surface area contributed by atoms with Crippen molar-refractivity contribution in [1.82, 2.24) is 9.29 Å². The van der Waals surface area contributed by atoms with Crippen LogP contribution in [0, 0.1) is 0 Å². The van der Waals surface area contributed by atoms with Gasteiger partial charge >= 0.3 is 0 Å². The maximum atomic E-state index is 12.8. The molecule has 0 unspecified atom stereocenters. The molecule has 1 fully saturated rings. The van der Waals surface area contributed by atoms with Gasteiger partial charge in [0.2, 0.25) is 15.9 Å². The van der Waals surface area contributed by atoms with Gasteiger partial charge in [0.05, 0.1) is 10.0 Å². The Hall–Kier alpha value is -2.85. The highest BCUT2D eigenvalue weighted by Crippen LogP contribution is 2.30. The van der Waals surface area contributed by atoms with Crippen molar-refractivity contribution >= 4 is 56.2 Å². The highest BCUT2D eigenvalue weighted by atomic mass is 35.5. The summed E-state index contributed by atoms with van der Waals surface area (Å²) in [6.45, 7) is 3.62. The molecule has 1 saturated heterocycles. The zero-order valence-corrected chi connectivity index (χ0v) is 22.1. The molecule has 36 heavy (non-hydrogen) atoms. The number of carbonyl (C=O) groups excluding carboxylic acids is 1. The predicted octanol–water partition coefficient (Wildman–Crippen LogP) is 4.36. The lowest BCUT2D eigenvalue weighted by molar-refractivity contribution is -0.116. The van der Waals surface area contributed by atoms with E-state index in [1.54, 1.807) is 12.4 Å². The number of sulfonamides is 1. The topological polar surface area (TPSA) is 85.8 Å². The van der Waals surface area contributed by atoms with E-state index in [1.165, 1.54) is 30.9 Å². The minimum Gasteiger partial charge on any atom is -0.368 e. The van der Waals surface area contributed by atoms with Crippen molar-refractivity contribution in [3.8, 4) is 0 Å². The number of piperazine rings is 1. The van der Waals surface area contributed by atoms with E-state index in [9.17, 15) is 13.2 Å². The molecule has 11 heteroatoms. The Morgan fingerprint density at radius 3 is 2.14 bits per heavy atom. The number of nitrogens with zero attached hydrogens (tertiary/aromatic N) is 4. The number of rotatable bonds is 8. The number of aromatic nitrogens is 1. The molecule has 190 valence electrons. The van der Waals surface area contributed by atoms with Crippen LogP contribution in [0.15, 0.2) is 71.9 Å². The Labute approximate surface area is 221 Å². The Bertz CT molecular complexity index is 1300. The predicted molar refractivity (Wildman–Crippen MR) is 145 cm³/mol. The van der Waals surface area contributed by atoms with Gasteiger partial charge in [-0.1, -0.05) is 29.3 Å². The number of amides is 1. The van der Waals surface area contributed by atoms with Crippen molar-refractivity contribution in [3.05, 3.63) is 77.0 Å². The van der Waals surface area contributed by atoms with Gasteiger partial charge in [0.1, 0.15) is 4.90 Å². The molecule has 0 spiro atoms. The van der Waals surface area contributed by atoms with Crippen molar-refractivity contribution in [3.63, 3.8) is 0 Å². The molecule has 1 amide bonds. The number of pyridine rings is 1. The summed E-state index contributed by atoms with van der Waals surface area (Å²) in [5, 5.41) is 2.95. The summed E-state index contributed by atoms with van der Waals surface area (Å²) < 4.78 is 26.7. The molecular formula is C25H27Cl2N5O3S. The summed E-state index contributed by atoms with van der Waals surface area (Å²) in [4.78, 5) is 21.1. The summed E-state index contributed by atoms with van der Waals surface area (Å²) >= 11 is 12.0. The van der Waals surface area contributed by atoms with Gasteiger partial charge in [-0.3, -0.25) is 9.78 Å². The minimum atomic E-state index is -3.88. The van der Waals surface area contributed by atoms with Crippen molar-refractivity contribution in [2.45, 2.75) is 11.3 Å². The normalized spacial score (nSPS) is 14.2. The molecule has 0 atom stereocenters. The molecule has 1 aromatic heterocycles. The zero-order valence-electron chi connectivity index (χ0n) is 19.8. The van der Waals surface area contributed by atoms with Gasteiger partial charge in [-0.2, -0.15) is 0 Å². The quantitative estimate of drug-likeness (QED) is 0.450. The molecule has 3 aromatic rings. The van der Waals surface area contributed by atoms with Gasteiger partial charge in [0.25, 0.3) is 0 Å². The van der Waals surface area contributed by atoms with Gasteiger partial charge in [0, 0.05) is 75.6 Å². The second-order valence-electron chi connectivity index (χ2n) is 8.40. The molecule has 0 aliphatic carbocycles. The molecule has 1 aliphatic heterocycles. The van der Waals surface area contributed by atoms with E-state index in [0.717, 1.165) is 36.2 Å². The molecule has 2 heterocycles. The smallest absolute Gasteiger partial charge is 0.244 e. The number of hydrogen-bond acceptors (Lipinski definition) is 6. The lowest BCUT2D eigenvalue weighted by atomic mass is 10.2. The molecule has 4 rings (SSSR count). The van der Waals surface area contributed by atoms with E-state index in [2.05, 4.69) is 20.1 Å². The number of hydrogen-bond donors (Lipinski definition) is 1. The first kappa shape index (κ1) is 26.2. The molecule has 0 radical (unpaired) electrons. The Balaban J connectivity index is 1.27. The van der Waals surface area contributed by atoms with Crippen LogP contribution in [0.4, 0.5) is 17.1 Å². The van der Waals surface area contributed by atoms with Crippen LogP contribution in [-0.4, -0.2) is 63.4 Å². The average molecular weight is 548 g/mol. The first-order chi connectivity index (χ1) is 17.3. The molecule has 1 aliphatic rings. The van der Waals surface area contributed by atoms with Crippen LogP contribution < -0.4 is 15.1 Å². The second kappa shape index (κ2) is 11.5. The van der Waals surface area contributed by atoms with Gasteiger partial charge < -0.3 is 15.1 Å². The van der Waals surface area contributed by atoms with Crippen LogP contribution >= 0.6 is 23.2 Å². The van der Waals surface area contributed by atoms with Gasteiger partial charge in [-0.05, 0) is 48.5 Å². The van der Waals surface area contributed by atoms with Gasteiger partial charge in [-0.15, -0.1) is 0 Å². The molecule has 0 saturated carbocycles. The van der Waals surface area contributed by atoms with Gasteiger partial charge in [0.15, 0.2) is 0 Å². The Morgan fingerprint density at radius 1 is 0.944 bits per heavy atom. The fourth-order valence-electron chi connectivity index (χ4n) is 3.99. The Kier molecular flexibility index (Phi) is 8.35. The molecular weight excluding hydrogens is 521 g/mol. The van der Waals surface area contributed by atoms with Crippen LogP contribution in [0.25, 0.3) is 0 Å². The van der Waals surface area contributed by atoms with E-state index in [4.69, 9.17) is 23.2 Å². The lowest BCUT2D eigenvalue weighted by Crippen LogP contribution is -2.46. The number of carbonyl (C=O) groups is 1. The summed E-state index contributed by atoms with van der Waals surface area (Å²) in [5.74, 6) is -0.284. The third-order valence-corrected chi connectivity index (χ3v) is 8.91. The zero-order chi connectivity index (χ0) is 25.7. The van der Waals surface area contributed by atoms with Crippen molar-refractivity contribution in [1.29, 1.82) is 0 Å². The van der Waals surface area contributed by atoms with E-state index >= 15 is 0 Å². The van der Waals surface area contributed by atoms with Crippen LogP contribution in [-0.2, 0) is 14.8 Å². The minimum absolute atomic E-state index is 0.00313. The summed E-state index contributed by atoms with van der Waals surface area (Å²) in [5.41, 5.74) is 2.92. The van der Waals surface area contributed by atoms with Crippen molar-refractivity contribution in [2.75, 3.05) is 54.9 Å². The van der Waals surface area contributed by atoms with Crippen LogP contribution in [0.3, 0.4) is 0 Å². The lowest BCUT2D eigenvalue weighted by Gasteiger charge is -2.37. The van der Waals surface area contributed by atoms with Crippen LogP contribution in [0.1, 0.15) is 6.42 Å². The average Bonchev–Trinajstić information content (AvgIpc) is 2.90. The summed E-state index contributed by atoms with van der Waals surface area (Å²) in [7, 11) is -2.47. The summed E-state index contributed by atoms with van der Waals surface area (Å²) in [6, 6.07) is 16.1. The maximum Gasteiger partial charge on any atom is 0.244 e. The van der Waals surface area contributed by atoms with Crippen LogP contribution in [0.5, 0.6) is 0 Å². The second-order valence-corrected chi connectivity index (χ2v) is 11.2. The molecule has 0 bridgehead atoms. The number of anilines is 3. The SMILES string of the molecule is CN(CCC(=O)Nc1ccc(N2CCN(c3ccncc3)CC2)cc1)S(=O)(=O)c1cccc(Cl)c1Cl. The highest BCUT2D eigenvalue weighted by molar-refractivity contribution is 7.89. The monoisotopic (exact) mass is 547 g/mol. The fourth-order valence-corrected chi connectivity index (χ4v) is 5.89. The molecule has 8 nitrogen and oxygen atoms in total. The van der Waals surface area contributed by atoms with E-state index in [-0.39, 0.29) is 33.8 Å². The maximum absolute atomic E-state index is 12.8. The van der Waals surface area contributed by atoms with Crippen molar-refractivity contribution in [2.24, 2.45) is 0 Å². The Morgan fingerprint density at radius 2 is 1.53 bits per heavy atom. The number of nitrogens with one attached hydrogen (secondary N) is 1. The highest BCUT2D eigenvalue weighted by Gasteiger charge is 2.25. The van der Waals surface area contributed by atoms with E-state index in [0.29, 0.717) is 5.69 Å². The first-order valence-corrected chi connectivity index (χ1v) is 13.7. The van der Waals surface area contributed by atoms with E-state index < -0.39 is 10.0 Å². The summed E-state index contributed by atoms with van der Waals surface area (Å²) in [6.07, 6.45) is 3.60. The fraction of sp³-hybridized carbons (Fsp3) is 0.280. The third-order valence-electron chi connectivity index (χ3n) is 6.08.